The Bertz CT molecular complexity index is 424. The largest absolute Gasteiger partial charge is 0.495 e. The fourth-order valence-electron chi connectivity index (χ4n) is 1.27. The van der Waals surface area contributed by atoms with E-state index in [2.05, 4.69) is 5.32 Å². The van der Waals surface area contributed by atoms with Gasteiger partial charge in [0, 0.05) is 12.2 Å². The summed E-state index contributed by atoms with van der Waals surface area (Å²) in [5, 5.41) is 2.75. The van der Waals surface area contributed by atoms with E-state index in [4.69, 9.17) is 10.5 Å². The van der Waals surface area contributed by atoms with Crippen LogP contribution in [-0.2, 0) is 9.59 Å². The van der Waals surface area contributed by atoms with Crippen molar-refractivity contribution in [3.8, 4) is 5.75 Å². The maximum absolute atomic E-state index is 11.6. The van der Waals surface area contributed by atoms with Crippen LogP contribution in [0.1, 0.15) is 6.42 Å². The lowest BCUT2D eigenvalue weighted by Gasteiger charge is -2.09. The number of hydrogen-bond donors (Lipinski definition) is 2. The van der Waals surface area contributed by atoms with Gasteiger partial charge in [0.25, 0.3) is 0 Å². The predicted molar refractivity (Wildman–Crippen MR) is 72.8 cm³/mol. The van der Waals surface area contributed by atoms with Crippen molar-refractivity contribution in [3.63, 3.8) is 0 Å². The van der Waals surface area contributed by atoms with Gasteiger partial charge in [0.2, 0.25) is 11.8 Å². The lowest BCUT2D eigenvalue weighted by Crippen LogP contribution is -2.16. The normalized spacial score (nSPS) is 9.83. The topological polar surface area (TPSA) is 81.4 Å². The number of primary amides is 1. The second kappa shape index (κ2) is 7.60. The van der Waals surface area contributed by atoms with E-state index in [9.17, 15) is 9.59 Å². The summed E-state index contributed by atoms with van der Waals surface area (Å²) in [4.78, 5) is 22.1. The van der Waals surface area contributed by atoms with Gasteiger partial charge in [-0.1, -0.05) is 12.1 Å². The zero-order chi connectivity index (χ0) is 13.4. The third-order valence-electron chi connectivity index (χ3n) is 2.11. The fraction of sp³-hybridized carbons (Fsp3) is 0.333. The maximum Gasteiger partial charge on any atom is 0.234 e. The number of para-hydroxylation sites is 2. The second-order valence-corrected chi connectivity index (χ2v) is 4.62. The summed E-state index contributed by atoms with van der Waals surface area (Å²) in [7, 11) is 1.55. The number of hydrogen-bond acceptors (Lipinski definition) is 4. The number of anilines is 1. The third-order valence-corrected chi connectivity index (χ3v) is 3.07. The summed E-state index contributed by atoms with van der Waals surface area (Å²) in [5.41, 5.74) is 5.64. The van der Waals surface area contributed by atoms with Crippen LogP contribution in [0.4, 0.5) is 5.69 Å². The highest BCUT2D eigenvalue weighted by Crippen LogP contribution is 2.23. The minimum Gasteiger partial charge on any atom is -0.495 e. The van der Waals surface area contributed by atoms with Crippen LogP contribution in [0, 0.1) is 0 Å². The van der Waals surface area contributed by atoms with E-state index < -0.39 is 0 Å². The van der Waals surface area contributed by atoms with Crippen molar-refractivity contribution < 1.29 is 14.3 Å². The van der Waals surface area contributed by atoms with Gasteiger partial charge >= 0.3 is 0 Å². The lowest BCUT2D eigenvalue weighted by atomic mass is 10.3. The smallest absolute Gasteiger partial charge is 0.234 e. The van der Waals surface area contributed by atoms with Gasteiger partial charge in [-0.15, -0.1) is 0 Å². The quantitative estimate of drug-likeness (QED) is 0.729. The van der Waals surface area contributed by atoms with Gasteiger partial charge in [0.1, 0.15) is 5.75 Å². The molecule has 5 nitrogen and oxygen atoms in total. The Hall–Kier alpha value is -1.69. The van der Waals surface area contributed by atoms with Gasteiger partial charge < -0.3 is 15.8 Å². The van der Waals surface area contributed by atoms with Gasteiger partial charge in [0.05, 0.1) is 18.6 Å². The second-order valence-electron chi connectivity index (χ2n) is 3.52. The Morgan fingerprint density at radius 1 is 1.39 bits per heavy atom. The maximum atomic E-state index is 11.6. The number of carbonyl (C=O) groups excluding carboxylic acids is 2. The molecule has 6 heteroatoms. The monoisotopic (exact) mass is 268 g/mol. The lowest BCUT2D eigenvalue weighted by molar-refractivity contribution is -0.117. The van der Waals surface area contributed by atoms with Gasteiger partial charge in [0.15, 0.2) is 0 Å². The van der Waals surface area contributed by atoms with Crippen molar-refractivity contribution in [3.05, 3.63) is 24.3 Å². The van der Waals surface area contributed by atoms with E-state index >= 15 is 0 Å². The molecule has 0 unspecified atom stereocenters. The van der Waals surface area contributed by atoms with E-state index in [0.29, 0.717) is 17.2 Å². The third kappa shape index (κ3) is 5.09. The molecule has 0 saturated carbocycles. The summed E-state index contributed by atoms with van der Waals surface area (Å²) in [6.07, 6.45) is 0.284. The Morgan fingerprint density at radius 3 is 2.78 bits per heavy atom. The van der Waals surface area contributed by atoms with Crippen LogP contribution in [0.5, 0.6) is 5.75 Å². The number of ether oxygens (including phenoxy) is 1. The first-order chi connectivity index (χ1) is 8.63. The van der Waals surface area contributed by atoms with Crippen molar-refractivity contribution in [2.24, 2.45) is 5.73 Å². The van der Waals surface area contributed by atoms with Crippen LogP contribution in [0.3, 0.4) is 0 Å². The highest BCUT2D eigenvalue weighted by atomic mass is 32.2. The molecule has 0 heterocycles. The Labute approximate surface area is 110 Å². The van der Waals surface area contributed by atoms with Gasteiger partial charge in [-0.25, -0.2) is 0 Å². The summed E-state index contributed by atoms with van der Waals surface area (Å²) in [5.74, 6) is 0.967. The number of amides is 2. The van der Waals surface area contributed by atoms with Gasteiger partial charge in [-0.3, -0.25) is 9.59 Å². The minimum atomic E-state index is -0.354. The van der Waals surface area contributed by atoms with Crippen molar-refractivity contribution in [2.75, 3.05) is 23.9 Å². The van der Waals surface area contributed by atoms with Crippen molar-refractivity contribution >= 4 is 29.3 Å². The van der Waals surface area contributed by atoms with E-state index in [0.717, 1.165) is 0 Å². The van der Waals surface area contributed by atoms with E-state index in [1.807, 2.05) is 12.1 Å². The molecule has 0 aliphatic rings. The molecule has 2 amide bonds. The van der Waals surface area contributed by atoms with Crippen molar-refractivity contribution in [2.45, 2.75) is 6.42 Å². The molecule has 98 valence electrons. The molecule has 0 saturated heterocycles. The zero-order valence-electron chi connectivity index (χ0n) is 10.1. The van der Waals surface area contributed by atoms with Crippen molar-refractivity contribution in [1.82, 2.24) is 0 Å². The molecule has 0 aliphatic heterocycles. The molecule has 1 aromatic carbocycles. The van der Waals surface area contributed by atoms with Crippen molar-refractivity contribution in [1.29, 1.82) is 0 Å². The highest BCUT2D eigenvalue weighted by molar-refractivity contribution is 7.99. The zero-order valence-corrected chi connectivity index (χ0v) is 11.0. The number of methoxy groups -OCH3 is 1. The molecular weight excluding hydrogens is 252 g/mol. The molecule has 0 aromatic heterocycles. The first-order valence-corrected chi connectivity index (χ1v) is 6.58. The standard InChI is InChI=1S/C12H16N2O3S/c1-17-10-5-3-2-4-9(10)14-12(16)8-18-7-6-11(13)15/h2-5H,6-8H2,1H3,(H2,13,15)(H,14,16). The molecule has 0 atom stereocenters. The highest BCUT2D eigenvalue weighted by Gasteiger charge is 2.06. The number of nitrogens with two attached hydrogens (primary N) is 1. The molecule has 0 aliphatic carbocycles. The summed E-state index contributed by atoms with van der Waals surface area (Å²) in [6.45, 7) is 0. The number of thioether (sulfide) groups is 1. The van der Waals surface area contributed by atoms with Crippen LogP contribution in [0.2, 0.25) is 0 Å². The average Bonchev–Trinajstić information content (AvgIpc) is 2.35. The molecule has 0 radical (unpaired) electrons. The number of rotatable bonds is 7. The van der Waals surface area contributed by atoms with Gasteiger partial charge in [-0.2, -0.15) is 11.8 Å². The van der Waals surface area contributed by atoms with Gasteiger partial charge in [-0.05, 0) is 12.1 Å². The Morgan fingerprint density at radius 2 is 2.11 bits per heavy atom. The SMILES string of the molecule is COc1ccccc1NC(=O)CSCCC(N)=O. The predicted octanol–water partition coefficient (Wildman–Crippen LogP) is 1.24. The molecule has 0 spiro atoms. The van der Waals surface area contributed by atoms with E-state index in [-0.39, 0.29) is 24.0 Å². The number of nitrogens with one attached hydrogen (secondary N) is 1. The first-order valence-electron chi connectivity index (χ1n) is 5.42. The molecule has 18 heavy (non-hydrogen) atoms. The van der Waals surface area contributed by atoms with Crippen LogP contribution < -0.4 is 15.8 Å². The van der Waals surface area contributed by atoms with E-state index in [1.165, 1.54) is 11.8 Å². The summed E-state index contributed by atoms with van der Waals surface area (Å²) < 4.78 is 5.12. The summed E-state index contributed by atoms with van der Waals surface area (Å²) in [6, 6.07) is 7.19. The molecule has 3 N–H and O–H groups in total. The average molecular weight is 268 g/mol. The Balaban J connectivity index is 2.37. The fourth-order valence-corrected chi connectivity index (χ4v) is 2.02. The molecule has 0 fully saturated rings. The van der Waals surface area contributed by atoms with E-state index in [1.54, 1.807) is 19.2 Å². The van der Waals surface area contributed by atoms with Crippen LogP contribution >= 0.6 is 11.8 Å². The molecular formula is C12H16N2O3S. The summed E-state index contributed by atoms with van der Waals surface area (Å²) >= 11 is 1.37. The van der Waals surface area contributed by atoms with Crippen LogP contribution in [0.25, 0.3) is 0 Å². The molecule has 1 aromatic rings. The molecule has 0 bridgehead atoms. The molecule has 1 rings (SSSR count). The number of carbonyl (C=O) groups is 2. The van der Waals surface area contributed by atoms with Crippen LogP contribution in [0.15, 0.2) is 24.3 Å². The minimum absolute atomic E-state index is 0.131. The Kier molecular flexibility index (Phi) is 6.07. The van der Waals surface area contributed by atoms with Crippen LogP contribution in [-0.4, -0.2) is 30.4 Å². The number of benzene rings is 1. The first kappa shape index (κ1) is 14.4.